The Morgan fingerprint density at radius 1 is 1.19 bits per heavy atom. The maximum absolute atomic E-state index is 12.8. The molecule has 2 heterocycles. The van der Waals surface area contributed by atoms with Crippen molar-refractivity contribution in [1.29, 1.82) is 0 Å². The molecule has 0 aliphatic carbocycles. The number of likely N-dealkylation sites (tertiary alicyclic amines) is 1. The zero-order valence-corrected chi connectivity index (χ0v) is 15.8. The lowest BCUT2D eigenvalue weighted by atomic mass is 9.91. The Balaban J connectivity index is 1.47. The summed E-state index contributed by atoms with van der Waals surface area (Å²) < 4.78 is 0. The van der Waals surface area contributed by atoms with E-state index in [9.17, 15) is 14.7 Å². The Morgan fingerprint density at radius 2 is 1.93 bits per heavy atom. The Bertz CT molecular complexity index is 633. The summed E-state index contributed by atoms with van der Waals surface area (Å²) in [6, 6.07) is 10.0. The molecule has 3 rings (SSSR count). The Kier molecular flexibility index (Phi) is 6.82. The lowest BCUT2D eigenvalue weighted by molar-refractivity contribution is -0.156. The average molecular weight is 374 g/mol. The molecule has 0 saturated carbocycles. The highest BCUT2D eigenvalue weighted by atomic mass is 16.3. The first-order valence-corrected chi connectivity index (χ1v) is 9.83. The fourth-order valence-corrected chi connectivity index (χ4v) is 3.75. The fraction of sp³-hybridized carbons (Fsp3) is 0.600. The summed E-state index contributed by atoms with van der Waals surface area (Å²) >= 11 is 0. The molecule has 148 valence electrons. The van der Waals surface area contributed by atoms with Crippen molar-refractivity contribution in [3.8, 4) is 0 Å². The van der Waals surface area contributed by atoms with Crippen molar-refractivity contribution in [2.45, 2.75) is 24.9 Å². The standard InChI is InChI=1S/C20H30N4O3/c25-18(23-13-9-21-10-14-23)15-22-16-20(27)8-4-11-24(19(20)26)12-7-17-5-2-1-3-6-17/h1-3,5-6,21-22,27H,4,7-16H2/t20-/m0/s1. The van der Waals surface area contributed by atoms with Gasteiger partial charge < -0.3 is 25.5 Å². The number of amides is 2. The second-order valence-corrected chi connectivity index (χ2v) is 7.40. The third-order valence-corrected chi connectivity index (χ3v) is 5.38. The number of aliphatic hydroxyl groups is 1. The van der Waals surface area contributed by atoms with Gasteiger partial charge in [-0.15, -0.1) is 0 Å². The molecule has 0 bridgehead atoms. The molecule has 27 heavy (non-hydrogen) atoms. The molecule has 2 aliphatic heterocycles. The van der Waals surface area contributed by atoms with Crippen molar-refractivity contribution in [3.63, 3.8) is 0 Å². The highest BCUT2D eigenvalue weighted by Crippen LogP contribution is 2.22. The molecular weight excluding hydrogens is 344 g/mol. The maximum atomic E-state index is 12.8. The SMILES string of the molecule is O=C(CNC[C@@]1(O)CCCN(CCc2ccccc2)C1=O)N1CCNCC1. The number of piperidine rings is 1. The molecule has 0 spiro atoms. The van der Waals surface area contributed by atoms with Crippen LogP contribution in [0.1, 0.15) is 18.4 Å². The normalized spacial score (nSPS) is 23.5. The minimum absolute atomic E-state index is 0.0179. The van der Waals surface area contributed by atoms with Crippen LogP contribution < -0.4 is 10.6 Å². The number of benzene rings is 1. The number of carbonyl (C=O) groups excluding carboxylic acids is 2. The molecule has 3 N–H and O–H groups in total. The number of rotatable bonds is 7. The summed E-state index contributed by atoms with van der Waals surface area (Å²) in [7, 11) is 0. The largest absolute Gasteiger partial charge is 0.379 e. The smallest absolute Gasteiger partial charge is 0.255 e. The number of nitrogens with zero attached hydrogens (tertiary/aromatic N) is 2. The van der Waals surface area contributed by atoms with Crippen LogP contribution in [-0.2, 0) is 16.0 Å². The van der Waals surface area contributed by atoms with Crippen LogP contribution in [0.2, 0.25) is 0 Å². The molecular formula is C20H30N4O3. The number of carbonyl (C=O) groups is 2. The van der Waals surface area contributed by atoms with E-state index in [2.05, 4.69) is 10.6 Å². The van der Waals surface area contributed by atoms with Gasteiger partial charge in [-0.2, -0.15) is 0 Å². The van der Waals surface area contributed by atoms with E-state index in [1.54, 1.807) is 4.90 Å². The molecule has 0 aromatic heterocycles. The minimum atomic E-state index is -1.42. The van der Waals surface area contributed by atoms with Gasteiger partial charge in [0.05, 0.1) is 6.54 Å². The molecule has 2 saturated heterocycles. The van der Waals surface area contributed by atoms with Crippen LogP contribution in [0.15, 0.2) is 30.3 Å². The lowest BCUT2D eigenvalue weighted by Gasteiger charge is -2.38. The Hall–Kier alpha value is -1.96. The summed E-state index contributed by atoms with van der Waals surface area (Å²) in [6.07, 6.45) is 1.98. The summed E-state index contributed by atoms with van der Waals surface area (Å²) in [5.74, 6) is -0.212. The second-order valence-electron chi connectivity index (χ2n) is 7.40. The minimum Gasteiger partial charge on any atom is -0.379 e. The molecule has 0 radical (unpaired) electrons. The van der Waals surface area contributed by atoms with Gasteiger partial charge >= 0.3 is 0 Å². The van der Waals surface area contributed by atoms with E-state index >= 15 is 0 Å². The molecule has 2 amide bonds. The molecule has 7 nitrogen and oxygen atoms in total. The van der Waals surface area contributed by atoms with Crippen LogP contribution in [0.25, 0.3) is 0 Å². The Morgan fingerprint density at radius 3 is 2.67 bits per heavy atom. The first-order valence-electron chi connectivity index (χ1n) is 9.83. The van der Waals surface area contributed by atoms with Crippen molar-refractivity contribution in [2.24, 2.45) is 0 Å². The van der Waals surface area contributed by atoms with E-state index in [4.69, 9.17) is 0 Å². The number of hydrogen-bond donors (Lipinski definition) is 3. The molecule has 0 unspecified atom stereocenters. The Labute approximate surface area is 160 Å². The third kappa shape index (κ3) is 5.28. The first-order chi connectivity index (χ1) is 13.1. The molecule has 2 fully saturated rings. The zero-order valence-electron chi connectivity index (χ0n) is 15.8. The summed E-state index contributed by atoms with van der Waals surface area (Å²) in [4.78, 5) is 28.5. The summed E-state index contributed by atoms with van der Waals surface area (Å²) in [5, 5.41) is 17.1. The first kappa shape index (κ1) is 19.8. The molecule has 2 aliphatic rings. The average Bonchev–Trinajstić information content (AvgIpc) is 2.70. The van der Waals surface area contributed by atoms with Crippen molar-refractivity contribution in [1.82, 2.24) is 20.4 Å². The van der Waals surface area contributed by atoms with Crippen LogP contribution in [0.4, 0.5) is 0 Å². The molecule has 1 aromatic rings. The van der Waals surface area contributed by atoms with Gasteiger partial charge in [0, 0.05) is 45.8 Å². The highest BCUT2D eigenvalue weighted by Gasteiger charge is 2.41. The summed E-state index contributed by atoms with van der Waals surface area (Å²) in [5.41, 5.74) is -0.238. The zero-order chi connectivity index (χ0) is 19.1. The predicted molar refractivity (Wildman–Crippen MR) is 103 cm³/mol. The van der Waals surface area contributed by atoms with Crippen LogP contribution in [0.3, 0.4) is 0 Å². The van der Waals surface area contributed by atoms with E-state index in [1.165, 1.54) is 5.56 Å². The fourth-order valence-electron chi connectivity index (χ4n) is 3.75. The van der Waals surface area contributed by atoms with Crippen LogP contribution in [-0.4, -0.2) is 84.7 Å². The third-order valence-electron chi connectivity index (χ3n) is 5.38. The van der Waals surface area contributed by atoms with Gasteiger partial charge in [-0.3, -0.25) is 9.59 Å². The number of nitrogens with one attached hydrogen (secondary N) is 2. The molecule has 7 heteroatoms. The molecule has 1 atom stereocenters. The molecule has 1 aromatic carbocycles. The quantitative estimate of drug-likeness (QED) is 0.605. The van der Waals surface area contributed by atoms with E-state index in [0.717, 1.165) is 25.9 Å². The van der Waals surface area contributed by atoms with Gasteiger partial charge in [-0.05, 0) is 24.8 Å². The monoisotopic (exact) mass is 374 g/mol. The summed E-state index contributed by atoms with van der Waals surface area (Å²) in [6.45, 7) is 4.58. The lowest BCUT2D eigenvalue weighted by Crippen LogP contribution is -2.59. The van der Waals surface area contributed by atoms with Gasteiger partial charge in [0.1, 0.15) is 0 Å². The van der Waals surface area contributed by atoms with E-state index in [1.807, 2.05) is 35.2 Å². The van der Waals surface area contributed by atoms with E-state index in [0.29, 0.717) is 32.6 Å². The van der Waals surface area contributed by atoms with Gasteiger partial charge in [-0.1, -0.05) is 30.3 Å². The van der Waals surface area contributed by atoms with E-state index in [-0.39, 0.29) is 24.9 Å². The van der Waals surface area contributed by atoms with Gasteiger partial charge in [0.15, 0.2) is 5.60 Å². The van der Waals surface area contributed by atoms with Crippen molar-refractivity contribution in [2.75, 3.05) is 52.4 Å². The predicted octanol–water partition coefficient (Wildman–Crippen LogP) is -0.396. The van der Waals surface area contributed by atoms with Crippen molar-refractivity contribution in [3.05, 3.63) is 35.9 Å². The topological polar surface area (TPSA) is 84.9 Å². The maximum Gasteiger partial charge on any atom is 0.255 e. The number of piperazine rings is 1. The van der Waals surface area contributed by atoms with Gasteiger partial charge in [0.25, 0.3) is 5.91 Å². The van der Waals surface area contributed by atoms with Gasteiger partial charge in [0.2, 0.25) is 5.91 Å². The van der Waals surface area contributed by atoms with Gasteiger partial charge in [-0.25, -0.2) is 0 Å². The van der Waals surface area contributed by atoms with Crippen LogP contribution in [0.5, 0.6) is 0 Å². The van der Waals surface area contributed by atoms with E-state index < -0.39 is 5.60 Å². The van der Waals surface area contributed by atoms with Crippen LogP contribution in [0, 0.1) is 0 Å². The number of hydrogen-bond acceptors (Lipinski definition) is 5. The second kappa shape index (κ2) is 9.30. The van der Waals surface area contributed by atoms with Crippen LogP contribution >= 0.6 is 0 Å². The van der Waals surface area contributed by atoms with Crippen molar-refractivity contribution >= 4 is 11.8 Å². The van der Waals surface area contributed by atoms with Crippen molar-refractivity contribution < 1.29 is 14.7 Å². The highest BCUT2D eigenvalue weighted by molar-refractivity contribution is 5.86.